The Morgan fingerprint density at radius 3 is 2.45 bits per heavy atom. The SMILES string of the molecule is Cc1ccc(N=Cc2cccn2-c2ccc(Cl)cc2)cc1C. The Balaban J connectivity index is 1.90. The average Bonchev–Trinajstić information content (AvgIpc) is 2.98. The highest BCUT2D eigenvalue weighted by atomic mass is 35.5. The molecule has 3 heteroatoms. The van der Waals surface area contributed by atoms with E-state index in [0.29, 0.717) is 0 Å². The number of hydrogen-bond donors (Lipinski definition) is 0. The van der Waals surface area contributed by atoms with Gasteiger partial charge in [-0.1, -0.05) is 17.7 Å². The number of rotatable bonds is 3. The van der Waals surface area contributed by atoms with Gasteiger partial charge in [-0.3, -0.25) is 4.99 Å². The number of nitrogens with zero attached hydrogens (tertiary/aromatic N) is 2. The molecule has 0 unspecified atom stereocenters. The maximum absolute atomic E-state index is 5.95. The summed E-state index contributed by atoms with van der Waals surface area (Å²) in [6.45, 7) is 4.21. The van der Waals surface area contributed by atoms with Crippen LogP contribution in [0.1, 0.15) is 16.8 Å². The maximum Gasteiger partial charge on any atom is 0.0639 e. The molecule has 0 aliphatic heterocycles. The number of halogens is 1. The van der Waals surface area contributed by atoms with E-state index in [-0.39, 0.29) is 0 Å². The largest absolute Gasteiger partial charge is 0.316 e. The second kappa shape index (κ2) is 6.20. The molecule has 0 bridgehead atoms. The van der Waals surface area contributed by atoms with Crippen molar-refractivity contribution >= 4 is 23.5 Å². The van der Waals surface area contributed by atoms with Crippen molar-refractivity contribution in [3.05, 3.63) is 82.6 Å². The third-order valence-corrected chi connectivity index (χ3v) is 3.97. The first-order chi connectivity index (χ1) is 10.6. The molecule has 110 valence electrons. The van der Waals surface area contributed by atoms with Crippen molar-refractivity contribution in [2.75, 3.05) is 0 Å². The molecule has 2 aromatic carbocycles. The van der Waals surface area contributed by atoms with Gasteiger partial charge < -0.3 is 4.57 Å². The molecule has 0 fully saturated rings. The zero-order valence-corrected chi connectivity index (χ0v) is 13.4. The Bertz CT molecular complexity index is 814. The average molecular weight is 309 g/mol. The zero-order valence-electron chi connectivity index (χ0n) is 12.6. The molecule has 0 radical (unpaired) electrons. The Labute approximate surface area is 135 Å². The van der Waals surface area contributed by atoms with E-state index < -0.39 is 0 Å². The number of hydrogen-bond acceptors (Lipinski definition) is 1. The van der Waals surface area contributed by atoms with Gasteiger partial charge in [-0.2, -0.15) is 0 Å². The molecule has 3 rings (SSSR count). The van der Waals surface area contributed by atoms with Gasteiger partial charge in [-0.15, -0.1) is 0 Å². The van der Waals surface area contributed by atoms with Gasteiger partial charge in [-0.05, 0) is 73.5 Å². The monoisotopic (exact) mass is 308 g/mol. The minimum Gasteiger partial charge on any atom is -0.316 e. The molecule has 0 atom stereocenters. The Kier molecular flexibility index (Phi) is 4.12. The normalized spacial score (nSPS) is 11.2. The van der Waals surface area contributed by atoms with Crippen LogP contribution in [0, 0.1) is 13.8 Å². The highest BCUT2D eigenvalue weighted by Crippen LogP contribution is 2.19. The van der Waals surface area contributed by atoms with Gasteiger partial charge in [0.1, 0.15) is 0 Å². The minimum atomic E-state index is 0.737. The molecular weight excluding hydrogens is 292 g/mol. The fraction of sp³-hybridized carbons (Fsp3) is 0.105. The van der Waals surface area contributed by atoms with Crippen molar-refractivity contribution < 1.29 is 0 Å². The summed E-state index contributed by atoms with van der Waals surface area (Å²) in [7, 11) is 0. The predicted octanol–water partition coefficient (Wildman–Crippen LogP) is 5.50. The van der Waals surface area contributed by atoms with Crippen LogP contribution in [0.3, 0.4) is 0 Å². The molecule has 0 N–H and O–H groups in total. The van der Waals surface area contributed by atoms with Gasteiger partial charge >= 0.3 is 0 Å². The lowest BCUT2D eigenvalue weighted by molar-refractivity contribution is 1.07. The second-order valence-electron chi connectivity index (χ2n) is 5.31. The molecule has 0 aliphatic rings. The summed E-state index contributed by atoms with van der Waals surface area (Å²) in [5.74, 6) is 0. The van der Waals surface area contributed by atoms with E-state index in [1.807, 2.05) is 54.9 Å². The van der Waals surface area contributed by atoms with Gasteiger partial charge in [0.05, 0.1) is 17.6 Å². The first-order valence-electron chi connectivity index (χ1n) is 7.18. The van der Waals surface area contributed by atoms with Crippen LogP contribution in [-0.4, -0.2) is 10.8 Å². The van der Waals surface area contributed by atoms with Crippen molar-refractivity contribution in [2.45, 2.75) is 13.8 Å². The fourth-order valence-electron chi connectivity index (χ4n) is 2.28. The lowest BCUT2D eigenvalue weighted by atomic mass is 10.1. The fourth-order valence-corrected chi connectivity index (χ4v) is 2.41. The van der Waals surface area contributed by atoms with Crippen LogP contribution in [0.2, 0.25) is 5.02 Å². The summed E-state index contributed by atoms with van der Waals surface area (Å²) in [6.07, 6.45) is 3.91. The Hall–Kier alpha value is -2.32. The topological polar surface area (TPSA) is 17.3 Å². The van der Waals surface area contributed by atoms with E-state index >= 15 is 0 Å². The lowest BCUT2D eigenvalue weighted by Gasteiger charge is -2.06. The van der Waals surface area contributed by atoms with Gasteiger partial charge in [0.2, 0.25) is 0 Å². The highest BCUT2D eigenvalue weighted by molar-refractivity contribution is 6.30. The maximum atomic E-state index is 5.95. The number of aliphatic imine (C=N–C) groups is 1. The molecule has 1 heterocycles. The van der Waals surface area contributed by atoms with Crippen molar-refractivity contribution in [3.63, 3.8) is 0 Å². The minimum absolute atomic E-state index is 0.737. The third-order valence-electron chi connectivity index (χ3n) is 3.72. The van der Waals surface area contributed by atoms with Crippen LogP contribution < -0.4 is 0 Å². The van der Waals surface area contributed by atoms with Gasteiger partial charge in [0.25, 0.3) is 0 Å². The summed E-state index contributed by atoms with van der Waals surface area (Å²) in [5, 5.41) is 0.737. The van der Waals surface area contributed by atoms with Crippen LogP contribution in [-0.2, 0) is 0 Å². The lowest BCUT2D eigenvalue weighted by Crippen LogP contribution is -1.97. The summed E-state index contributed by atoms with van der Waals surface area (Å²) >= 11 is 5.95. The molecule has 0 saturated heterocycles. The zero-order chi connectivity index (χ0) is 15.5. The highest BCUT2D eigenvalue weighted by Gasteiger charge is 2.01. The standard InChI is InChI=1S/C19H17ClN2/c1-14-5-8-17(12-15(14)2)21-13-19-4-3-11-22(19)18-9-6-16(20)7-10-18/h3-13H,1-2H3. The summed E-state index contributed by atoms with van der Waals surface area (Å²) in [6, 6.07) is 18.1. The summed E-state index contributed by atoms with van der Waals surface area (Å²) < 4.78 is 2.08. The van der Waals surface area contributed by atoms with Crippen LogP contribution in [0.4, 0.5) is 5.69 Å². The smallest absolute Gasteiger partial charge is 0.0639 e. The van der Waals surface area contributed by atoms with E-state index in [1.165, 1.54) is 11.1 Å². The van der Waals surface area contributed by atoms with Gasteiger partial charge in [-0.25, -0.2) is 0 Å². The van der Waals surface area contributed by atoms with E-state index in [1.54, 1.807) is 0 Å². The molecule has 0 spiro atoms. The van der Waals surface area contributed by atoms with E-state index in [2.05, 4.69) is 35.5 Å². The van der Waals surface area contributed by atoms with Gasteiger partial charge in [0, 0.05) is 16.9 Å². The predicted molar refractivity (Wildman–Crippen MR) is 93.9 cm³/mol. The molecule has 0 amide bonds. The first-order valence-corrected chi connectivity index (χ1v) is 7.56. The molecule has 0 saturated carbocycles. The van der Waals surface area contributed by atoms with Crippen LogP contribution in [0.15, 0.2) is 65.8 Å². The number of aryl methyl sites for hydroxylation is 2. The second-order valence-corrected chi connectivity index (χ2v) is 5.74. The van der Waals surface area contributed by atoms with Crippen LogP contribution in [0.5, 0.6) is 0 Å². The molecule has 2 nitrogen and oxygen atoms in total. The van der Waals surface area contributed by atoms with E-state index in [9.17, 15) is 0 Å². The number of benzene rings is 2. The van der Waals surface area contributed by atoms with E-state index in [4.69, 9.17) is 11.6 Å². The number of aromatic nitrogens is 1. The summed E-state index contributed by atoms with van der Waals surface area (Å²) in [5.41, 5.74) is 5.59. The summed E-state index contributed by atoms with van der Waals surface area (Å²) in [4.78, 5) is 4.58. The molecule has 1 aromatic heterocycles. The van der Waals surface area contributed by atoms with Crippen molar-refractivity contribution in [2.24, 2.45) is 4.99 Å². The first kappa shape index (κ1) is 14.6. The third kappa shape index (κ3) is 3.12. The molecule has 3 aromatic rings. The van der Waals surface area contributed by atoms with Crippen molar-refractivity contribution in [1.29, 1.82) is 0 Å². The van der Waals surface area contributed by atoms with Crippen LogP contribution in [0.25, 0.3) is 5.69 Å². The van der Waals surface area contributed by atoms with Crippen molar-refractivity contribution in [3.8, 4) is 5.69 Å². The molecule has 22 heavy (non-hydrogen) atoms. The molecular formula is C19H17ClN2. The Morgan fingerprint density at radius 2 is 1.73 bits per heavy atom. The molecule has 0 aliphatic carbocycles. The quantitative estimate of drug-likeness (QED) is 0.569. The Morgan fingerprint density at radius 1 is 0.955 bits per heavy atom. The van der Waals surface area contributed by atoms with Gasteiger partial charge in [0.15, 0.2) is 0 Å². The van der Waals surface area contributed by atoms with Crippen molar-refractivity contribution in [1.82, 2.24) is 4.57 Å². The van der Waals surface area contributed by atoms with Crippen LogP contribution >= 0.6 is 11.6 Å². The van der Waals surface area contributed by atoms with E-state index in [0.717, 1.165) is 22.1 Å².